The van der Waals surface area contributed by atoms with Gasteiger partial charge in [-0.3, -0.25) is 4.79 Å². The van der Waals surface area contributed by atoms with Crippen molar-refractivity contribution in [2.75, 3.05) is 6.61 Å². The number of aromatic amines is 1. The molecule has 1 N–H and O–H groups in total. The van der Waals surface area contributed by atoms with Crippen LogP contribution in [0.3, 0.4) is 0 Å². The number of aryl methyl sites for hydroxylation is 1. The lowest BCUT2D eigenvalue weighted by Crippen LogP contribution is -2.30. The van der Waals surface area contributed by atoms with Crippen LogP contribution in [0.25, 0.3) is 0 Å². The normalized spacial score (nSPS) is 17.4. The number of rotatable bonds is 2. The van der Waals surface area contributed by atoms with Crippen LogP contribution >= 0.6 is 0 Å². The predicted molar refractivity (Wildman–Crippen MR) is 67.9 cm³/mol. The Balaban J connectivity index is 2.47. The number of ether oxygens (including phenoxy) is 1. The van der Waals surface area contributed by atoms with Crippen molar-refractivity contribution in [3.63, 3.8) is 0 Å². The third-order valence-electron chi connectivity index (χ3n) is 3.65. The summed E-state index contributed by atoms with van der Waals surface area (Å²) in [6, 6.07) is 0. The monoisotopic (exact) mass is 249 g/mol. The maximum absolute atomic E-state index is 12.4. The maximum atomic E-state index is 12.4. The Hall–Kier alpha value is -1.58. The first kappa shape index (κ1) is 12.9. The van der Waals surface area contributed by atoms with E-state index in [1.807, 2.05) is 13.8 Å². The molecule has 1 aromatic heterocycles. The van der Waals surface area contributed by atoms with E-state index >= 15 is 0 Å². The zero-order valence-electron chi connectivity index (χ0n) is 11.3. The Bertz CT molecular complexity index is 511. The van der Waals surface area contributed by atoms with E-state index in [0.717, 1.165) is 24.1 Å². The quantitative estimate of drug-likeness (QED) is 0.820. The molecular weight excluding hydrogens is 230 g/mol. The summed E-state index contributed by atoms with van der Waals surface area (Å²) in [5, 5.41) is 0. The van der Waals surface area contributed by atoms with Crippen molar-refractivity contribution in [3.05, 3.63) is 22.5 Å². The Morgan fingerprint density at radius 1 is 1.44 bits per heavy atom. The van der Waals surface area contributed by atoms with Gasteiger partial charge in [-0.1, -0.05) is 13.8 Å². The van der Waals surface area contributed by atoms with Gasteiger partial charge < -0.3 is 9.72 Å². The van der Waals surface area contributed by atoms with Crippen molar-refractivity contribution < 1.29 is 14.3 Å². The van der Waals surface area contributed by atoms with Gasteiger partial charge in [0.15, 0.2) is 5.78 Å². The molecule has 98 valence electrons. The largest absolute Gasteiger partial charge is 0.461 e. The molecule has 0 saturated carbocycles. The zero-order valence-corrected chi connectivity index (χ0v) is 11.3. The summed E-state index contributed by atoms with van der Waals surface area (Å²) in [4.78, 5) is 27.2. The van der Waals surface area contributed by atoms with Gasteiger partial charge in [-0.2, -0.15) is 0 Å². The highest BCUT2D eigenvalue weighted by Gasteiger charge is 2.38. The minimum atomic E-state index is -0.380. The molecule has 2 rings (SSSR count). The zero-order chi connectivity index (χ0) is 13.5. The van der Waals surface area contributed by atoms with Crippen LogP contribution in [0.15, 0.2) is 0 Å². The van der Waals surface area contributed by atoms with E-state index in [1.165, 1.54) is 0 Å². The molecule has 0 aromatic carbocycles. The van der Waals surface area contributed by atoms with E-state index in [9.17, 15) is 9.59 Å². The van der Waals surface area contributed by atoms with E-state index < -0.39 is 0 Å². The van der Waals surface area contributed by atoms with Gasteiger partial charge in [-0.15, -0.1) is 0 Å². The Morgan fingerprint density at radius 2 is 2.11 bits per heavy atom. The summed E-state index contributed by atoms with van der Waals surface area (Å²) >= 11 is 0. The second-order valence-electron chi connectivity index (χ2n) is 5.41. The molecular formula is C14H19NO3. The van der Waals surface area contributed by atoms with Gasteiger partial charge in [0.05, 0.1) is 6.61 Å². The summed E-state index contributed by atoms with van der Waals surface area (Å²) in [7, 11) is 0. The van der Waals surface area contributed by atoms with E-state index in [1.54, 1.807) is 13.8 Å². The number of H-pyrrole nitrogens is 1. The first-order chi connectivity index (χ1) is 8.38. The Labute approximate surface area is 107 Å². The molecule has 0 saturated heterocycles. The Morgan fingerprint density at radius 3 is 2.72 bits per heavy atom. The van der Waals surface area contributed by atoms with Gasteiger partial charge in [0.2, 0.25) is 0 Å². The van der Waals surface area contributed by atoms with Crippen molar-refractivity contribution >= 4 is 11.8 Å². The molecule has 18 heavy (non-hydrogen) atoms. The predicted octanol–water partition coefficient (Wildman–Crippen LogP) is 2.65. The van der Waals surface area contributed by atoms with Crippen LogP contribution in [0.5, 0.6) is 0 Å². The van der Waals surface area contributed by atoms with Gasteiger partial charge in [-0.05, 0) is 32.3 Å². The number of hydrogen-bond acceptors (Lipinski definition) is 3. The second kappa shape index (κ2) is 4.26. The van der Waals surface area contributed by atoms with Crippen molar-refractivity contribution in [2.45, 2.75) is 40.5 Å². The van der Waals surface area contributed by atoms with E-state index in [4.69, 9.17) is 4.74 Å². The minimum Gasteiger partial charge on any atom is -0.461 e. The van der Waals surface area contributed by atoms with E-state index in [-0.39, 0.29) is 17.2 Å². The molecule has 1 aliphatic carbocycles. The number of esters is 1. The van der Waals surface area contributed by atoms with Crippen LogP contribution in [-0.4, -0.2) is 23.3 Å². The number of ketones is 1. The summed E-state index contributed by atoms with van der Waals surface area (Å²) < 4.78 is 4.99. The lowest BCUT2D eigenvalue weighted by atomic mass is 9.74. The van der Waals surface area contributed by atoms with Crippen LogP contribution in [0.2, 0.25) is 0 Å². The fraction of sp³-hybridized carbons (Fsp3) is 0.571. The summed E-state index contributed by atoms with van der Waals surface area (Å²) in [5.74, 6) is -0.261. The summed E-state index contributed by atoms with van der Waals surface area (Å²) in [5.41, 5.74) is 2.37. The smallest absolute Gasteiger partial charge is 0.355 e. The topological polar surface area (TPSA) is 59.2 Å². The molecule has 4 heteroatoms. The number of carbonyl (C=O) groups is 2. The van der Waals surface area contributed by atoms with Gasteiger partial charge in [0.1, 0.15) is 5.69 Å². The molecule has 0 fully saturated rings. The third-order valence-corrected chi connectivity index (χ3v) is 3.65. The summed E-state index contributed by atoms with van der Waals surface area (Å²) in [6.07, 6.45) is 1.61. The first-order valence-electron chi connectivity index (χ1n) is 6.32. The molecule has 0 spiro atoms. The van der Waals surface area contributed by atoms with Crippen LogP contribution in [0, 0.1) is 12.3 Å². The van der Waals surface area contributed by atoms with Gasteiger partial charge in [0, 0.05) is 16.7 Å². The molecule has 1 aromatic rings. The van der Waals surface area contributed by atoms with Crippen LogP contribution < -0.4 is 0 Å². The average Bonchev–Trinajstić information content (AvgIpc) is 2.63. The minimum absolute atomic E-state index is 0.119. The molecule has 0 amide bonds. The van der Waals surface area contributed by atoms with Crippen molar-refractivity contribution in [3.8, 4) is 0 Å². The fourth-order valence-corrected chi connectivity index (χ4v) is 2.45. The number of aromatic nitrogens is 1. The molecule has 0 radical (unpaired) electrons. The lowest BCUT2D eigenvalue weighted by molar-refractivity contribution is 0.0519. The van der Waals surface area contributed by atoms with Crippen LogP contribution in [-0.2, 0) is 11.2 Å². The molecule has 0 unspecified atom stereocenters. The molecule has 0 bridgehead atoms. The van der Waals surface area contributed by atoms with Crippen LogP contribution in [0.4, 0.5) is 0 Å². The molecule has 4 nitrogen and oxygen atoms in total. The average molecular weight is 249 g/mol. The van der Waals surface area contributed by atoms with Gasteiger partial charge in [0.25, 0.3) is 0 Å². The highest BCUT2D eigenvalue weighted by molar-refractivity contribution is 6.06. The summed E-state index contributed by atoms with van der Waals surface area (Å²) in [6.45, 7) is 7.82. The second-order valence-corrected chi connectivity index (χ2v) is 5.41. The van der Waals surface area contributed by atoms with Crippen molar-refractivity contribution in [2.24, 2.45) is 5.41 Å². The fourth-order valence-electron chi connectivity index (χ4n) is 2.45. The maximum Gasteiger partial charge on any atom is 0.355 e. The van der Waals surface area contributed by atoms with Crippen molar-refractivity contribution in [1.82, 2.24) is 4.98 Å². The number of fused-ring (bicyclic) bond motifs is 1. The molecule has 1 heterocycles. The van der Waals surface area contributed by atoms with Crippen molar-refractivity contribution in [1.29, 1.82) is 0 Å². The SMILES string of the molecule is CCOC(=O)c1[nH]c2c(c1C)C(=O)C(C)(C)CC2. The first-order valence-corrected chi connectivity index (χ1v) is 6.32. The van der Waals surface area contributed by atoms with E-state index in [2.05, 4.69) is 4.98 Å². The number of carbonyl (C=O) groups excluding carboxylic acids is 2. The molecule has 0 aliphatic heterocycles. The van der Waals surface area contributed by atoms with Crippen LogP contribution in [0.1, 0.15) is 59.3 Å². The highest BCUT2D eigenvalue weighted by atomic mass is 16.5. The number of nitrogens with one attached hydrogen (secondary N) is 1. The van der Waals surface area contributed by atoms with Gasteiger partial charge >= 0.3 is 5.97 Å². The van der Waals surface area contributed by atoms with Gasteiger partial charge in [-0.25, -0.2) is 4.79 Å². The molecule has 0 atom stereocenters. The van der Waals surface area contributed by atoms with E-state index in [0.29, 0.717) is 17.9 Å². The number of hydrogen-bond donors (Lipinski definition) is 1. The third kappa shape index (κ3) is 1.85. The number of Topliss-reactive ketones (excluding diaryl/α,β-unsaturated/α-hetero) is 1. The molecule has 1 aliphatic rings. The lowest BCUT2D eigenvalue weighted by Gasteiger charge is -2.27. The standard InChI is InChI=1S/C14H19NO3/c1-5-18-13(17)11-8(2)10-9(15-11)6-7-14(3,4)12(10)16/h15H,5-7H2,1-4H3. The highest BCUT2D eigenvalue weighted by Crippen LogP contribution is 2.37. The Kier molecular flexibility index (Phi) is 3.05.